The molecule has 5 N–H and O–H groups in total. The van der Waals surface area contributed by atoms with Gasteiger partial charge in [-0.25, -0.2) is 4.79 Å². The molecule has 100 valence electrons. The number of carboxylic acids is 1. The van der Waals surface area contributed by atoms with Gasteiger partial charge in [0.15, 0.2) is 0 Å². The normalized spacial score (nSPS) is 15.1. The number of aliphatic carboxylic acids is 1. The Balaban J connectivity index is 4.50. The van der Waals surface area contributed by atoms with Gasteiger partial charge in [0.2, 0.25) is 5.91 Å². The molecule has 0 aromatic carbocycles. The zero-order valence-electron chi connectivity index (χ0n) is 10.6. The fraction of sp³-hybridized carbons (Fsp3) is 0.818. The summed E-state index contributed by atoms with van der Waals surface area (Å²) in [5.41, 5.74) is 5.43. The SMILES string of the molecule is CC(C)(C)CC(CN)C(=O)NC(CO)C(=O)O. The summed E-state index contributed by atoms with van der Waals surface area (Å²) in [5, 5.41) is 19.8. The monoisotopic (exact) mass is 246 g/mol. The molecule has 0 heterocycles. The number of nitrogens with one attached hydrogen (secondary N) is 1. The summed E-state index contributed by atoms with van der Waals surface area (Å²) in [7, 11) is 0. The number of rotatable bonds is 6. The van der Waals surface area contributed by atoms with Gasteiger partial charge in [0, 0.05) is 6.54 Å². The molecule has 1 amide bonds. The number of aliphatic hydroxyl groups is 1. The van der Waals surface area contributed by atoms with Crippen LogP contribution in [0.1, 0.15) is 27.2 Å². The second kappa shape index (κ2) is 6.56. The first kappa shape index (κ1) is 15.9. The Bertz CT molecular complexity index is 273. The Hall–Kier alpha value is -1.14. The van der Waals surface area contributed by atoms with Gasteiger partial charge in [-0.2, -0.15) is 0 Å². The number of hydrogen-bond acceptors (Lipinski definition) is 4. The quantitative estimate of drug-likeness (QED) is 0.507. The van der Waals surface area contributed by atoms with Gasteiger partial charge in [-0.05, 0) is 11.8 Å². The number of amides is 1. The molecule has 2 atom stereocenters. The van der Waals surface area contributed by atoms with Crippen molar-refractivity contribution in [3.63, 3.8) is 0 Å². The Morgan fingerprint density at radius 2 is 1.88 bits per heavy atom. The lowest BCUT2D eigenvalue weighted by Crippen LogP contribution is -2.47. The third-order valence-electron chi connectivity index (χ3n) is 2.31. The summed E-state index contributed by atoms with van der Waals surface area (Å²) < 4.78 is 0. The molecule has 0 saturated heterocycles. The van der Waals surface area contributed by atoms with Crippen LogP contribution in [0, 0.1) is 11.3 Å². The molecule has 0 radical (unpaired) electrons. The molecular weight excluding hydrogens is 224 g/mol. The molecule has 0 bridgehead atoms. The number of aliphatic hydroxyl groups excluding tert-OH is 1. The van der Waals surface area contributed by atoms with Gasteiger partial charge in [0.1, 0.15) is 6.04 Å². The molecule has 0 aromatic heterocycles. The van der Waals surface area contributed by atoms with Gasteiger partial charge in [0.05, 0.1) is 12.5 Å². The van der Waals surface area contributed by atoms with Crippen molar-refractivity contribution in [1.29, 1.82) is 0 Å². The van der Waals surface area contributed by atoms with Crippen LogP contribution in [-0.2, 0) is 9.59 Å². The average molecular weight is 246 g/mol. The van der Waals surface area contributed by atoms with E-state index in [1.54, 1.807) is 0 Å². The highest BCUT2D eigenvalue weighted by Crippen LogP contribution is 2.24. The molecule has 6 heteroatoms. The van der Waals surface area contributed by atoms with E-state index < -0.39 is 30.4 Å². The Morgan fingerprint density at radius 3 is 2.18 bits per heavy atom. The Labute approximate surface area is 101 Å². The van der Waals surface area contributed by atoms with E-state index >= 15 is 0 Å². The highest BCUT2D eigenvalue weighted by Gasteiger charge is 2.27. The molecular formula is C11H22N2O4. The van der Waals surface area contributed by atoms with Crippen molar-refractivity contribution in [2.75, 3.05) is 13.2 Å². The van der Waals surface area contributed by atoms with Crippen molar-refractivity contribution in [2.24, 2.45) is 17.1 Å². The van der Waals surface area contributed by atoms with Crippen LogP contribution in [-0.4, -0.2) is 41.3 Å². The van der Waals surface area contributed by atoms with Crippen molar-refractivity contribution < 1.29 is 19.8 Å². The van der Waals surface area contributed by atoms with Gasteiger partial charge in [0.25, 0.3) is 0 Å². The lowest BCUT2D eigenvalue weighted by atomic mass is 9.84. The smallest absolute Gasteiger partial charge is 0.328 e. The minimum Gasteiger partial charge on any atom is -0.480 e. The summed E-state index contributed by atoms with van der Waals surface area (Å²) in [4.78, 5) is 22.4. The van der Waals surface area contributed by atoms with E-state index in [-0.39, 0.29) is 12.0 Å². The highest BCUT2D eigenvalue weighted by molar-refractivity contribution is 5.85. The maximum absolute atomic E-state index is 11.8. The van der Waals surface area contributed by atoms with E-state index in [4.69, 9.17) is 15.9 Å². The lowest BCUT2D eigenvalue weighted by Gasteiger charge is -2.25. The molecule has 2 unspecified atom stereocenters. The summed E-state index contributed by atoms with van der Waals surface area (Å²) in [6.07, 6.45) is 0.563. The highest BCUT2D eigenvalue weighted by atomic mass is 16.4. The molecule has 0 spiro atoms. The molecule has 0 saturated carbocycles. The first-order chi connectivity index (χ1) is 7.71. The zero-order chi connectivity index (χ0) is 13.6. The number of carboxylic acid groups (broad SMARTS) is 1. The molecule has 0 aliphatic carbocycles. The minimum absolute atomic E-state index is 0.0701. The third-order valence-corrected chi connectivity index (χ3v) is 2.31. The van der Waals surface area contributed by atoms with Crippen LogP contribution in [0.4, 0.5) is 0 Å². The summed E-state index contributed by atoms with van der Waals surface area (Å²) in [6.45, 7) is 5.45. The maximum atomic E-state index is 11.8. The molecule has 0 aliphatic rings. The Kier molecular flexibility index (Phi) is 6.12. The molecule has 0 aromatic rings. The van der Waals surface area contributed by atoms with Gasteiger partial charge >= 0.3 is 5.97 Å². The largest absolute Gasteiger partial charge is 0.480 e. The van der Waals surface area contributed by atoms with Crippen LogP contribution < -0.4 is 11.1 Å². The van der Waals surface area contributed by atoms with Gasteiger partial charge in [-0.3, -0.25) is 4.79 Å². The van der Waals surface area contributed by atoms with Gasteiger partial charge < -0.3 is 21.3 Å². The van der Waals surface area contributed by atoms with E-state index in [1.807, 2.05) is 20.8 Å². The third kappa shape index (κ3) is 6.23. The fourth-order valence-corrected chi connectivity index (χ4v) is 1.50. The predicted octanol–water partition coefficient (Wildman–Crippen LogP) is -0.441. The van der Waals surface area contributed by atoms with Gasteiger partial charge in [-0.1, -0.05) is 20.8 Å². The fourth-order valence-electron chi connectivity index (χ4n) is 1.50. The molecule has 0 aliphatic heterocycles. The maximum Gasteiger partial charge on any atom is 0.328 e. The number of hydrogen-bond donors (Lipinski definition) is 4. The molecule has 0 fully saturated rings. The van der Waals surface area contributed by atoms with Crippen LogP contribution in [0.3, 0.4) is 0 Å². The standard InChI is InChI=1S/C11H22N2O4/c1-11(2,3)4-7(5-12)9(15)13-8(6-14)10(16)17/h7-8,14H,4-6,12H2,1-3H3,(H,13,15)(H,16,17). The number of carbonyl (C=O) groups is 2. The van der Waals surface area contributed by atoms with Crippen LogP contribution >= 0.6 is 0 Å². The molecule has 17 heavy (non-hydrogen) atoms. The topological polar surface area (TPSA) is 113 Å². The van der Waals surface area contributed by atoms with E-state index in [0.717, 1.165) is 0 Å². The second-order valence-corrected chi connectivity index (χ2v) is 5.28. The van der Waals surface area contributed by atoms with E-state index in [9.17, 15) is 9.59 Å². The predicted molar refractivity (Wildman–Crippen MR) is 63.3 cm³/mol. The number of carbonyl (C=O) groups excluding carboxylic acids is 1. The van der Waals surface area contributed by atoms with Crippen molar-refractivity contribution in [2.45, 2.75) is 33.2 Å². The van der Waals surface area contributed by atoms with Crippen LogP contribution in [0.5, 0.6) is 0 Å². The zero-order valence-corrected chi connectivity index (χ0v) is 10.6. The minimum atomic E-state index is -1.27. The number of nitrogens with two attached hydrogens (primary N) is 1. The Morgan fingerprint density at radius 1 is 1.35 bits per heavy atom. The van der Waals surface area contributed by atoms with Crippen molar-refractivity contribution in [3.8, 4) is 0 Å². The van der Waals surface area contributed by atoms with Crippen molar-refractivity contribution in [3.05, 3.63) is 0 Å². The summed E-state index contributed by atoms with van der Waals surface area (Å²) in [6, 6.07) is -1.27. The molecule has 6 nitrogen and oxygen atoms in total. The van der Waals surface area contributed by atoms with E-state index in [0.29, 0.717) is 6.42 Å². The lowest BCUT2D eigenvalue weighted by molar-refractivity contribution is -0.143. The molecule has 0 rings (SSSR count). The van der Waals surface area contributed by atoms with Crippen LogP contribution in [0.25, 0.3) is 0 Å². The second-order valence-electron chi connectivity index (χ2n) is 5.28. The van der Waals surface area contributed by atoms with Crippen molar-refractivity contribution >= 4 is 11.9 Å². The van der Waals surface area contributed by atoms with E-state index in [2.05, 4.69) is 5.32 Å². The van der Waals surface area contributed by atoms with Crippen molar-refractivity contribution in [1.82, 2.24) is 5.32 Å². The van der Waals surface area contributed by atoms with Crippen LogP contribution in [0.2, 0.25) is 0 Å². The van der Waals surface area contributed by atoms with Gasteiger partial charge in [-0.15, -0.1) is 0 Å². The first-order valence-electron chi connectivity index (χ1n) is 5.55. The average Bonchev–Trinajstić information content (AvgIpc) is 2.20. The van der Waals surface area contributed by atoms with E-state index in [1.165, 1.54) is 0 Å². The summed E-state index contributed by atoms with van der Waals surface area (Å²) in [5.74, 6) is -2.13. The first-order valence-corrected chi connectivity index (χ1v) is 5.55. The van der Waals surface area contributed by atoms with Crippen LogP contribution in [0.15, 0.2) is 0 Å². The summed E-state index contributed by atoms with van der Waals surface area (Å²) >= 11 is 0.